The second kappa shape index (κ2) is 5.75. The number of methoxy groups -OCH3 is 1. The van der Waals surface area contributed by atoms with Crippen LogP contribution in [0.5, 0.6) is 0 Å². The molecule has 86 valence electrons. The molecule has 0 atom stereocenters. The fourth-order valence-electron chi connectivity index (χ4n) is 1.17. The Morgan fingerprint density at radius 3 is 2.69 bits per heavy atom. The normalized spacial score (nSPS) is 9.94. The second-order valence-electron chi connectivity index (χ2n) is 3.35. The van der Waals surface area contributed by atoms with E-state index in [9.17, 15) is 9.59 Å². The van der Waals surface area contributed by atoms with E-state index in [1.165, 1.54) is 20.2 Å². The molecule has 0 aliphatic carbocycles. The molecule has 1 rings (SSSR count). The lowest BCUT2D eigenvalue weighted by atomic mass is 10.1. The number of carbonyl (C=O) groups is 2. The first-order chi connectivity index (χ1) is 7.54. The third kappa shape index (κ3) is 3.41. The zero-order valence-corrected chi connectivity index (χ0v) is 10.7. The Balaban J connectivity index is 2.83. The van der Waals surface area contributed by atoms with Crippen molar-refractivity contribution < 1.29 is 14.3 Å². The highest BCUT2D eigenvalue weighted by atomic mass is 79.9. The van der Waals surface area contributed by atoms with Crippen LogP contribution in [0.15, 0.2) is 16.7 Å². The number of rotatable bonds is 4. The summed E-state index contributed by atoms with van der Waals surface area (Å²) >= 11 is 3.31. The van der Waals surface area contributed by atoms with Gasteiger partial charge in [-0.1, -0.05) is 0 Å². The molecule has 0 unspecified atom stereocenters. The van der Waals surface area contributed by atoms with Crippen molar-refractivity contribution in [3.05, 3.63) is 28.0 Å². The number of pyridine rings is 1. The molecule has 0 N–H and O–H groups in total. The minimum atomic E-state index is -0.425. The largest absolute Gasteiger partial charge is 0.465 e. The number of hydrogen-bond donors (Lipinski definition) is 0. The van der Waals surface area contributed by atoms with Gasteiger partial charge in [-0.05, 0) is 35.3 Å². The maximum Gasteiger partial charge on any atom is 0.339 e. The van der Waals surface area contributed by atoms with E-state index in [2.05, 4.69) is 25.7 Å². The molecule has 0 fully saturated rings. The van der Waals surface area contributed by atoms with E-state index in [0.29, 0.717) is 18.4 Å². The molecule has 4 nitrogen and oxygen atoms in total. The quantitative estimate of drug-likeness (QED) is 0.796. The van der Waals surface area contributed by atoms with E-state index >= 15 is 0 Å². The van der Waals surface area contributed by atoms with E-state index in [1.54, 1.807) is 6.07 Å². The minimum absolute atomic E-state index is 0.116. The molecule has 0 radical (unpaired) electrons. The molecule has 0 aliphatic heterocycles. The monoisotopic (exact) mass is 285 g/mol. The average Bonchev–Trinajstić information content (AvgIpc) is 2.26. The minimum Gasteiger partial charge on any atom is -0.465 e. The van der Waals surface area contributed by atoms with Gasteiger partial charge in [-0.3, -0.25) is 4.98 Å². The standard InChI is InChI=1S/C11H12BrNO3/c1-7(14)3-4-10-9(12)5-8(6-13-10)11(15)16-2/h5-6H,3-4H2,1-2H3. The summed E-state index contributed by atoms with van der Waals surface area (Å²) in [7, 11) is 1.32. The maximum atomic E-state index is 11.2. The van der Waals surface area contributed by atoms with E-state index in [-0.39, 0.29) is 5.78 Å². The van der Waals surface area contributed by atoms with Crippen molar-refractivity contribution in [1.29, 1.82) is 0 Å². The second-order valence-corrected chi connectivity index (χ2v) is 4.20. The maximum absolute atomic E-state index is 11.2. The molecule has 0 saturated carbocycles. The number of hydrogen-bond acceptors (Lipinski definition) is 4. The molecule has 0 bridgehead atoms. The van der Waals surface area contributed by atoms with Crippen LogP contribution in [0.25, 0.3) is 0 Å². The fourth-order valence-corrected chi connectivity index (χ4v) is 1.72. The van der Waals surface area contributed by atoms with Gasteiger partial charge in [0.1, 0.15) is 5.78 Å². The van der Waals surface area contributed by atoms with Crippen LogP contribution in [-0.4, -0.2) is 23.8 Å². The summed E-state index contributed by atoms with van der Waals surface area (Å²) in [5, 5.41) is 0. The molecule has 1 aromatic rings. The van der Waals surface area contributed by atoms with E-state index in [1.807, 2.05) is 0 Å². The fraction of sp³-hybridized carbons (Fsp3) is 0.364. The molecule has 1 aromatic heterocycles. The van der Waals surface area contributed by atoms with Crippen molar-refractivity contribution in [1.82, 2.24) is 4.98 Å². The van der Waals surface area contributed by atoms with Crippen molar-refractivity contribution in [2.75, 3.05) is 7.11 Å². The Kier molecular flexibility index (Phi) is 4.61. The number of aromatic nitrogens is 1. The van der Waals surface area contributed by atoms with Crippen LogP contribution in [0.4, 0.5) is 0 Å². The number of nitrogens with zero attached hydrogens (tertiary/aromatic N) is 1. The first-order valence-corrected chi connectivity index (χ1v) is 5.56. The predicted octanol–water partition coefficient (Wildman–Crippen LogP) is 2.15. The lowest BCUT2D eigenvalue weighted by Crippen LogP contribution is -2.04. The van der Waals surface area contributed by atoms with Gasteiger partial charge < -0.3 is 9.53 Å². The lowest BCUT2D eigenvalue weighted by molar-refractivity contribution is -0.117. The average molecular weight is 286 g/mol. The molecule has 0 aliphatic rings. The summed E-state index contributed by atoms with van der Waals surface area (Å²) in [5.41, 5.74) is 1.16. The number of carbonyl (C=O) groups excluding carboxylic acids is 2. The van der Waals surface area contributed by atoms with Gasteiger partial charge >= 0.3 is 5.97 Å². The Morgan fingerprint density at radius 2 is 2.19 bits per heavy atom. The summed E-state index contributed by atoms with van der Waals surface area (Å²) < 4.78 is 5.29. The topological polar surface area (TPSA) is 56.3 Å². The highest BCUT2D eigenvalue weighted by Crippen LogP contribution is 2.18. The number of halogens is 1. The van der Waals surface area contributed by atoms with Crippen molar-refractivity contribution in [3.63, 3.8) is 0 Å². The van der Waals surface area contributed by atoms with Gasteiger partial charge in [0.05, 0.1) is 18.4 Å². The first-order valence-electron chi connectivity index (χ1n) is 4.76. The molecule has 0 amide bonds. The third-order valence-electron chi connectivity index (χ3n) is 2.05. The summed E-state index contributed by atoms with van der Waals surface area (Å²) in [6.45, 7) is 1.54. The number of aryl methyl sites for hydroxylation is 1. The van der Waals surface area contributed by atoms with Crippen LogP contribution >= 0.6 is 15.9 Å². The van der Waals surface area contributed by atoms with Gasteiger partial charge in [-0.2, -0.15) is 0 Å². The molecular formula is C11H12BrNO3. The van der Waals surface area contributed by atoms with Gasteiger partial charge in [0.25, 0.3) is 0 Å². The Hall–Kier alpha value is -1.23. The van der Waals surface area contributed by atoms with Crippen molar-refractivity contribution in [2.45, 2.75) is 19.8 Å². The summed E-state index contributed by atoms with van der Waals surface area (Å²) in [5.74, 6) is -0.308. The van der Waals surface area contributed by atoms with Crippen LogP contribution in [0, 0.1) is 0 Å². The van der Waals surface area contributed by atoms with Crippen LogP contribution < -0.4 is 0 Å². The van der Waals surface area contributed by atoms with E-state index in [0.717, 1.165) is 10.2 Å². The van der Waals surface area contributed by atoms with Crippen molar-refractivity contribution in [3.8, 4) is 0 Å². The smallest absolute Gasteiger partial charge is 0.339 e. The summed E-state index contributed by atoms with van der Waals surface area (Å²) in [4.78, 5) is 26.2. The number of ketones is 1. The third-order valence-corrected chi connectivity index (χ3v) is 2.74. The van der Waals surface area contributed by atoms with Crippen molar-refractivity contribution in [2.24, 2.45) is 0 Å². The van der Waals surface area contributed by atoms with Gasteiger partial charge in [0.2, 0.25) is 0 Å². The Bertz CT molecular complexity index is 418. The van der Waals surface area contributed by atoms with Crippen LogP contribution in [0.2, 0.25) is 0 Å². The van der Waals surface area contributed by atoms with Crippen LogP contribution in [-0.2, 0) is 16.0 Å². The molecule has 0 saturated heterocycles. The number of esters is 1. The van der Waals surface area contributed by atoms with Crippen LogP contribution in [0.1, 0.15) is 29.4 Å². The highest BCUT2D eigenvalue weighted by Gasteiger charge is 2.10. The number of Topliss-reactive ketones (excluding diaryl/α,β-unsaturated/α-hetero) is 1. The predicted molar refractivity (Wildman–Crippen MR) is 62.3 cm³/mol. The molecule has 0 spiro atoms. The first kappa shape index (κ1) is 12.8. The lowest BCUT2D eigenvalue weighted by Gasteiger charge is -2.04. The van der Waals surface area contributed by atoms with E-state index < -0.39 is 5.97 Å². The van der Waals surface area contributed by atoms with E-state index in [4.69, 9.17) is 0 Å². The van der Waals surface area contributed by atoms with Crippen molar-refractivity contribution >= 4 is 27.7 Å². The highest BCUT2D eigenvalue weighted by molar-refractivity contribution is 9.10. The van der Waals surface area contributed by atoms with Gasteiger partial charge in [-0.15, -0.1) is 0 Å². The molecule has 5 heteroatoms. The molecule has 0 aromatic carbocycles. The van der Waals surface area contributed by atoms with Gasteiger partial charge in [0.15, 0.2) is 0 Å². The Morgan fingerprint density at radius 1 is 1.50 bits per heavy atom. The molecule has 1 heterocycles. The molecule has 16 heavy (non-hydrogen) atoms. The zero-order valence-electron chi connectivity index (χ0n) is 9.12. The molecular weight excluding hydrogens is 274 g/mol. The summed E-state index contributed by atoms with van der Waals surface area (Å²) in [6, 6.07) is 1.65. The van der Waals surface area contributed by atoms with Crippen LogP contribution in [0.3, 0.4) is 0 Å². The number of ether oxygens (including phenoxy) is 1. The Labute approximate surface area is 102 Å². The summed E-state index contributed by atoms with van der Waals surface area (Å²) in [6.07, 6.45) is 2.46. The van der Waals surface area contributed by atoms with Gasteiger partial charge in [0, 0.05) is 17.1 Å². The zero-order chi connectivity index (χ0) is 12.1. The SMILES string of the molecule is COC(=O)c1cnc(CCC(C)=O)c(Br)c1. The van der Waals surface area contributed by atoms with Gasteiger partial charge in [-0.25, -0.2) is 4.79 Å².